The average Bonchev–Trinajstić information content (AvgIpc) is 3.15. The fourth-order valence-corrected chi connectivity index (χ4v) is 2.09. The molecule has 0 saturated carbocycles. The number of aromatic nitrogens is 2. The second kappa shape index (κ2) is 7.43. The largest absolute Gasteiger partial charge is 0.497 e. The van der Waals surface area contributed by atoms with Crippen LogP contribution in [0.2, 0.25) is 0 Å². The first-order valence-corrected chi connectivity index (χ1v) is 7.45. The van der Waals surface area contributed by atoms with Gasteiger partial charge in [0.25, 0.3) is 11.6 Å². The van der Waals surface area contributed by atoms with Gasteiger partial charge in [0, 0.05) is 17.7 Å². The molecule has 0 amide bonds. The van der Waals surface area contributed by atoms with E-state index in [4.69, 9.17) is 13.9 Å². The number of hydrogen-bond donors (Lipinski definition) is 0. The van der Waals surface area contributed by atoms with Crippen molar-refractivity contribution in [1.82, 2.24) is 10.2 Å². The zero-order valence-electron chi connectivity index (χ0n) is 13.6. The van der Waals surface area contributed by atoms with Crippen LogP contribution in [0.5, 0.6) is 5.75 Å². The molecule has 3 aromatic rings. The Labute approximate surface area is 147 Å². The highest BCUT2D eigenvalue weighted by Crippen LogP contribution is 2.21. The van der Waals surface area contributed by atoms with Crippen molar-refractivity contribution in [3.8, 4) is 17.2 Å². The van der Waals surface area contributed by atoms with Crippen molar-refractivity contribution in [3.63, 3.8) is 0 Å². The number of carbonyl (C=O) groups excluding carboxylic acids is 1. The molecule has 1 aromatic heterocycles. The van der Waals surface area contributed by atoms with E-state index in [0.29, 0.717) is 16.9 Å². The van der Waals surface area contributed by atoms with Crippen LogP contribution in [0.3, 0.4) is 0 Å². The number of nitro groups is 1. The van der Waals surface area contributed by atoms with Gasteiger partial charge in [0.1, 0.15) is 5.75 Å². The van der Waals surface area contributed by atoms with E-state index in [-0.39, 0.29) is 24.1 Å². The molecule has 0 radical (unpaired) electrons. The van der Waals surface area contributed by atoms with Crippen LogP contribution in [0, 0.1) is 10.1 Å². The minimum absolute atomic E-state index is 0.0399. The van der Waals surface area contributed by atoms with Crippen LogP contribution < -0.4 is 4.74 Å². The molecule has 0 aliphatic carbocycles. The molecule has 0 N–H and O–H groups in total. The highest BCUT2D eigenvalue weighted by molar-refractivity contribution is 5.89. The third-order valence-corrected chi connectivity index (χ3v) is 3.44. The van der Waals surface area contributed by atoms with Gasteiger partial charge in [-0.25, -0.2) is 4.79 Å². The van der Waals surface area contributed by atoms with Crippen molar-refractivity contribution < 1.29 is 23.6 Å². The van der Waals surface area contributed by atoms with Gasteiger partial charge in [-0.2, -0.15) is 0 Å². The molecule has 1 heterocycles. The number of carbonyl (C=O) groups is 1. The molecule has 3 rings (SSSR count). The van der Waals surface area contributed by atoms with Crippen LogP contribution in [0.1, 0.15) is 16.2 Å². The van der Waals surface area contributed by atoms with E-state index < -0.39 is 10.9 Å². The molecule has 132 valence electrons. The molecular formula is C17H13N3O6. The zero-order chi connectivity index (χ0) is 18.5. The molecule has 0 atom stereocenters. The van der Waals surface area contributed by atoms with Crippen molar-refractivity contribution in [2.45, 2.75) is 6.61 Å². The van der Waals surface area contributed by atoms with Gasteiger partial charge in [-0.1, -0.05) is 0 Å². The number of esters is 1. The lowest BCUT2D eigenvalue weighted by molar-refractivity contribution is -0.384. The lowest BCUT2D eigenvalue weighted by atomic mass is 10.2. The summed E-state index contributed by atoms with van der Waals surface area (Å²) in [6, 6.07) is 12.1. The molecular weight excluding hydrogens is 342 g/mol. The predicted octanol–water partition coefficient (Wildman–Crippen LogP) is 3.01. The summed E-state index contributed by atoms with van der Waals surface area (Å²) >= 11 is 0. The topological polar surface area (TPSA) is 118 Å². The molecule has 2 aromatic carbocycles. The van der Waals surface area contributed by atoms with E-state index in [0.717, 1.165) is 0 Å². The molecule has 9 heteroatoms. The van der Waals surface area contributed by atoms with Crippen LogP contribution in [-0.4, -0.2) is 28.2 Å². The number of hydrogen-bond acceptors (Lipinski definition) is 8. The second-order valence-electron chi connectivity index (χ2n) is 5.11. The Bertz CT molecular complexity index is 918. The van der Waals surface area contributed by atoms with Gasteiger partial charge in [0.05, 0.1) is 17.6 Å². The smallest absolute Gasteiger partial charge is 0.338 e. The molecule has 0 spiro atoms. The van der Waals surface area contributed by atoms with E-state index in [2.05, 4.69) is 10.2 Å². The minimum Gasteiger partial charge on any atom is -0.497 e. The summed E-state index contributed by atoms with van der Waals surface area (Å²) in [5.41, 5.74) is 0.846. The first-order valence-electron chi connectivity index (χ1n) is 7.45. The van der Waals surface area contributed by atoms with Gasteiger partial charge < -0.3 is 13.9 Å². The number of non-ortho nitro benzene ring substituents is 1. The summed E-state index contributed by atoms with van der Waals surface area (Å²) in [5, 5.41) is 18.3. The van der Waals surface area contributed by atoms with Gasteiger partial charge in [-0.15, -0.1) is 10.2 Å². The van der Waals surface area contributed by atoms with Crippen LogP contribution in [0.25, 0.3) is 11.5 Å². The molecule has 0 fully saturated rings. The summed E-state index contributed by atoms with van der Waals surface area (Å²) in [4.78, 5) is 22.1. The number of benzene rings is 2. The molecule has 26 heavy (non-hydrogen) atoms. The predicted molar refractivity (Wildman–Crippen MR) is 88.5 cm³/mol. The molecule has 0 aliphatic heterocycles. The Balaban J connectivity index is 1.62. The lowest BCUT2D eigenvalue weighted by Gasteiger charge is -2.03. The van der Waals surface area contributed by atoms with E-state index in [9.17, 15) is 14.9 Å². The number of ether oxygens (including phenoxy) is 2. The fraction of sp³-hybridized carbons (Fsp3) is 0.118. The van der Waals surface area contributed by atoms with E-state index in [1.54, 1.807) is 24.3 Å². The van der Waals surface area contributed by atoms with Crippen molar-refractivity contribution in [3.05, 3.63) is 70.1 Å². The lowest BCUT2D eigenvalue weighted by Crippen LogP contribution is -2.05. The van der Waals surface area contributed by atoms with Crippen LogP contribution in [0.15, 0.2) is 52.9 Å². The van der Waals surface area contributed by atoms with E-state index in [1.165, 1.54) is 31.4 Å². The maximum Gasteiger partial charge on any atom is 0.338 e. The van der Waals surface area contributed by atoms with Gasteiger partial charge in [-0.3, -0.25) is 10.1 Å². The number of methoxy groups -OCH3 is 1. The minimum atomic E-state index is -0.539. The van der Waals surface area contributed by atoms with E-state index in [1.807, 2.05) is 0 Å². The number of rotatable bonds is 6. The van der Waals surface area contributed by atoms with Gasteiger partial charge in [0.15, 0.2) is 6.61 Å². The van der Waals surface area contributed by atoms with Crippen molar-refractivity contribution in [2.75, 3.05) is 7.11 Å². The summed E-state index contributed by atoms with van der Waals surface area (Å²) in [6.45, 7) is -0.190. The van der Waals surface area contributed by atoms with Gasteiger partial charge >= 0.3 is 5.97 Å². The highest BCUT2D eigenvalue weighted by Gasteiger charge is 2.13. The quantitative estimate of drug-likeness (QED) is 0.376. The first kappa shape index (κ1) is 17.1. The summed E-state index contributed by atoms with van der Waals surface area (Å²) in [7, 11) is 1.53. The molecule has 0 aliphatic rings. The molecule has 0 unspecified atom stereocenters. The van der Waals surface area contributed by atoms with Crippen molar-refractivity contribution >= 4 is 11.7 Å². The summed E-state index contributed by atoms with van der Waals surface area (Å²) in [6.07, 6.45) is 0. The standard InChI is InChI=1S/C17H13N3O6/c1-24-14-8-4-12(5-9-14)17(21)25-10-15-18-19-16(26-15)11-2-6-13(7-3-11)20(22)23/h2-9H,10H2,1H3. The van der Waals surface area contributed by atoms with Crippen molar-refractivity contribution in [2.24, 2.45) is 0 Å². The molecule has 9 nitrogen and oxygen atoms in total. The Hall–Kier alpha value is -3.75. The SMILES string of the molecule is COc1ccc(C(=O)OCc2nnc(-c3ccc([N+](=O)[O-])cc3)o2)cc1. The number of nitro benzene ring substituents is 1. The Morgan fingerprint density at radius 3 is 2.42 bits per heavy atom. The van der Waals surface area contributed by atoms with Crippen LogP contribution >= 0.6 is 0 Å². The third kappa shape index (κ3) is 3.83. The van der Waals surface area contributed by atoms with E-state index >= 15 is 0 Å². The number of nitrogens with zero attached hydrogens (tertiary/aromatic N) is 3. The molecule has 0 saturated heterocycles. The fourth-order valence-electron chi connectivity index (χ4n) is 2.09. The Morgan fingerprint density at radius 2 is 1.81 bits per heavy atom. The monoisotopic (exact) mass is 355 g/mol. The summed E-state index contributed by atoms with van der Waals surface area (Å²) < 4.78 is 15.5. The third-order valence-electron chi connectivity index (χ3n) is 3.44. The Morgan fingerprint density at radius 1 is 1.12 bits per heavy atom. The zero-order valence-corrected chi connectivity index (χ0v) is 13.6. The first-order chi connectivity index (χ1) is 12.6. The Kier molecular flexibility index (Phi) is 4.88. The van der Waals surface area contributed by atoms with Gasteiger partial charge in [0.2, 0.25) is 5.89 Å². The second-order valence-corrected chi connectivity index (χ2v) is 5.11. The van der Waals surface area contributed by atoms with Gasteiger partial charge in [-0.05, 0) is 36.4 Å². The summed E-state index contributed by atoms with van der Waals surface area (Å²) in [5.74, 6) is 0.379. The van der Waals surface area contributed by atoms with Crippen molar-refractivity contribution in [1.29, 1.82) is 0 Å². The average molecular weight is 355 g/mol. The maximum absolute atomic E-state index is 12.0. The normalized spacial score (nSPS) is 10.3. The molecule has 0 bridgehead atoms. The van der Waals surface area contributed by atoms with Crippen LogP contribution in [0.4, 0.5) is 5.69 Å². The maximum atomic E-state index is 12.0. The highest BCUT2D eigenvalue weighted by atomic mass is 16.6. The van der Waals surface area contributed by atoms with Crippen LogP contribution in [-0.2, 0) is 11.3 Å².